The van der Waals surface area contributed by atoms with Crippen molar-refractivity contribution in [2.75, 3.05) is 6.54 Å². The molecule has 0 aromatic heterocycles. The average Bonchev–Trinajstić information content (AvgIpc) is 2.22. The Morgan fingerprint density at radius 3 is 2.38 bits per heavy atom. The number of benzene rings is 1. The van der Waals surface area contributed by atoms with Gasteiger partial charge in [-0.2, -0.15) is 0 Å². The maximum atomic E-state index is 6.08. The molecule has 1 aromatic carbocycles. The van der Waals surface area contributed by atoms with E-state index in [-0.39, 0.29) is 5.41 Å². The van der Waals surface area contributed by atoms with Crippen molar-refractivity contribution in [3.8, 4) is 0 Å². The molecule has 0 spiro atoms. The lowest BCUT2D eigenvalue weighted by molar-refractivity contribution is 0.347. The predicted octanol–water partition coefficient (Wildman–Crippen LogP) is 3.87. The topological polar surface area (TPSA) is 26.0 Å². The zero-order valence-corrected chi connectivity index (χ0v) is 11.5. The van der Waals surface area contributed by atoms with Crippen LogP contribution in [0.3, 0.4) is 0 Å². The van der Waals surface area contributed by atoms with E-state index in [0.29, 0.717) is 0 Å². The van der Waals surface area contributed by atoms with E-state index in [0.717, 1.165) is 30.0 Å². The Bertz CT molecular complexity index is 369. The van der Waals surface area contributed by atoms with Crippen LogP contribution in [0.1, 0.15) is 37.0 Å². The SMILES string of the molecule is Cc1cc(CCC(C)(C)CN)c(C)cc1Cl. The molecule has 1 rings (SSSR count). The molecular formula is C14H22ClN. The minimum Gasteiger partial charge on any atom is -0.330 e. The van der Waals surface area contributed by atoms with E-state index in [1.54, 1.807) is 0 Å². The van der Waals surface area contributed by atoms with Gasteiger partial charge in [0.05, 0.1) is 0 Å². The van der Waals surface area contributed by atoms with Crippen molar-refractivity contribution in [2.45, 2.75) is 40.5 Å². The van der Waals surface area contributed by atoms with E-state index in [1.807, 2.05) is 0 Å². The van der Waals surface area contributed by atoms with Gasteiger partial charge in [-0.3, -0.25) is 0 Å². The van der Waals surface area contributed by atoms with Gasteiger partial charge in [0.15, 0.2) is 0 Å². The molecule has 0 saturated heterocycles. The molecule has 0 radical (unpaired) electrons. The Labute approximate surface area is 104 Å². The summed E-state index contributed by atoms with van der Waals surface area (Å²) in [7, 11) is 0. The zero-order valence-electron chi connectivity index (χ0n) is 10.7. The van der Waals surface area contributed by atoms with Crippen LogP contribution < -0.4 is 5.73 Å². The van der Waals surface area contributed by atoms with Gasteiger partial charge in [-0.15, -0.1) is 0 Å². The molecule has 0 bridgehead atoms. The van der Waals surface area contributed by atoms with E-state index in [1.165, 1.54) is 11.1 Å². The second kappa shape index (κ2) is 5.20. The van der Waals surface area contributed by atoms with Gasteiger partial charge in [0.2, 0.25) is 0 Å². The molecule has 1 nitrogen and oxygen atoms in total. The average molecular weight is 240 g/mol. The van der Waals surface area contributed by atoms with Gasteiger partial charge in [0.1, 0.15) is 0 Å². The Kier molecular flexibility index (Phi) is 4.40. The molecule has 0 aliphatic heterocycles. The summed E-state index contributed by atoms with van der Waals surface area (Å²) < 4.78 is 0. The Morgan fingerprint density at radius 1 is 1.19 bits per heavy atom. The van der Waals surface area contributed by atoms with E-state index >= 15 is 0 Å². The van der Waals surface area contributed by atoms with Crippen molar-refractivity contribution < 1.29 is 0 Å². The second-order valence-electron chi connectivity index (χ2n) is 5.40. The molecule has 0 aliphatic carbocycles. The maximum Gasteiger partial charge on any atom is 0.0438 e. The number of halogens is 1. The number of rotatable bonds is 4. The Morgan fingerprint density at radius 2 is 1.81 bits per heavy atom. The van der Waals surface area contributed by atoms with Crippen molar-refractivity contribution in [1.82, 2.24) is 0 Å². The fraction of sp³-hybridized carbons (Fsp3) is 0.571. The fourth-order valence-electron chi connectivity index (χ4n) is 1.69. The lowest BCUT2D eigenvalue weighted by atomic mass is 9.85. The van der Waals surface area contributed by atoms with E-state index < -0.39 is 0 Å². The summed E-state index contributed by atoms with van der Waals surface area (Å²) >= 11 is 6.08. The normalized spacial score (nSPS) is 11.9. The van der Waals surface area contributed by atoms with Crippen molar-refractivity contribution >= 4 is 11.6 Å². The first kappa shape index (κ1) is 13.5. The summed E-state index contributed by atoms with van der Waals surface area (Å²) in [5, 5.41) is 0.860. The zero-order chi connectivity index (χ0) is 12.3. The van der Waals surface area contributed by atoms with Crippen LogP contribution in [0.2, 0.25) is 5.02 Å². The van der Waals surface area contributed by atoms with Crippen LogP contribution in [0, 0.1) is 19.3 Å². The van der Waals surface area contributed by atoms with Crippen LogP contribution in [0.15, 0.2) is 12.1 Å². The van der Waals surface area contributed by atoms with Gasteiger partial charge in [0, 0.05) is 5.02 Å². The van der Waals surface area contributed by atoms with Gasteiger partial charge < -0.3 is 5.73 Å². The maximum absolute atomic E-state index is 6.08. The highest BCUT2D eigenvalue weighted by Crippen LogP contribution is 2.25. The molecule has 0 amide bonds. The lowest BCUT2D eigenvalue weighted by Gasteiger charge is -2.22. The van der Waals surface area contributed by atoms with Crippen molar-refractivity contribution in [3.05, 3.63) is 33.8 Å². The van der Waals surface area contributed by atoms with Crippen LogP contribution in [0.25, 0.3) is 0 Å². The summed E-state index contributed by atoms with van der Waals surface area (Å²) in [6.45, 7) is 9.34. The third-order valence-electron chi connectivity index (χ3n) is 3.24. The molecule has 0 saturated carbocycles. The number of nitrogens with two attached hydrogens (primary N) is 1. The van der Waals surface area contributed by atoms with Crippen LogP contribution in [0.5, 0.6) is 0 Å². The molecule has 2 heteroatoms. The van der Waals surface area contributed by atoms with E-state index in [2.05, 4.69) is 39.8 Å². The Hall–Kier alpha value is -0.530. The van der Waals surface area contributed by atoms with E-state index in [4.69, 9.17) is 17.3 Å². The molecular weight excluding hydrogens is 218 g/mol. The minimum atomic E-state index is 0.222. The largest absolute Gasteiger partial charge is 0.330 e. The fourth-order valence-corrected chi connectivity index (χ4v) is 1.90. The first-order chi connectivity index (χ1) is 7.35. The molecule has 0 atom stereocenters. The van der Waals surface area contributed by atoms with Gasteiger partial charge in [0.25, 0.3) is 0 Å². The summed E-state index contributed by atoms with van der Waals surface area (Å²) in [5.74, 6) is 0. The van der Waals surface area contributed by atoms with Crippen molar-refractivity contribution in [1.29, 1.82) is 0 Å². The summed E-state index contributed by atoms with van der Waals surface area (Å²) in [5.41, 5.74) is 9.80. The van der Waals surface area contributed by atoms with Crippen LogP contribution in [-0.2, 0) is 6.42 Å². The second-order valence-corrected chi connectivity index (χ2v) is 5.80. The quantitative estimate of drug-likeness (QED) is 0.848. The minimum absolute atomic E-state index is 0.222. The highest BCUT2D eigenvalue weighted by molar-refractivity contribution is 6.31. The van der Waals surface area contributed by atoms with Crippen LogP contribution in [0.4, 0.5) is 0 Å². The summed E-state index contributed by atoms with van der Waals surface area (Å²) in [4.78, 5) is 0. The number of hydrogen-bond acceptors (Lipinski definition) is 1. The van der Waals surface area contributed by atoms with Crippen molar-refractivity contribution in [3.63, 3.8) is 0 Å². The van der Waals surface area contributed by atoms with Gasteiger partial charge >= 0.3 is 0 Å². The van der Waals surface area contributed by atoms with Crippen LogP contribution >= 0.6 is 11.6 Å². The number of hydrogen-bond donors (Lipinski definition) is 1. The smallest absolute Gasteiger partial charge is 0.0438 e. The molecule has 0 unspecified atom stereocenters. The highest BCUT2D eigenvalue weighted by Gasteiger charge is 2.15. The predicted molar refractivity (Wildman–Crippen MR) is 72.1 cm³/mol. The molecule has 0 fully saturated rings. The van der Waals surface area contributed by atoms with Gasteiger partial charge in [-0.1, -0.05) is 31.5 Å². The van der Waals surface area contributed by atoms with Crippen molar-refractivity contribution in [2.24, 2.45) is 11.1 Å². The first-order valence-corrected chi connectivity index (χ1v) is 6.19. The number of aryl methyl sites for hydroxylation is 3. The third kappa shape index (κ3) is 3.50. The Balaban J connectivity index is 2.79. The standard InChI is InChI=1S/C14H22ClN/c1-10-8-13(15)11(2)7-12(10)5-6-14(3,4)9-16/h7-8H,5-6,9,16H2,1-4H3. The lowest BCUT2D eigenvalue weighted by Crippen LogP contribution is -2.24. The van der Waals surface area contributed by atoms with Gasteiger partial charge in [-0.05, 0) is 61.4 Å². The molecule has 0 aliphatic rings. The molecule has 0 heterocycles. The summed E-state index contributed by atoms with van der Waals surface area (Å²) in [6, 6.07) is 4.26. The molecule has 1 aromatic rings. The van der Waals surface area contributed by atoms with Gasteiger partial charge in [-0.25, -0.2) is 0 Å². The monoisotopic (exact) mass is 239 g/mol. The third-order valence-corrected chi connectivity index (χ3v) is 3.65. The molecule has 2 N–H and O–H groups in total. The molecule has 90 valence electrons. The highest BCUT2D eigenvalue weighted by atomic mass is 35.5. The molecule has 16 heavy (non-hydrogen) atoms. The first-order valence-electron chi connectivity index (χ1n) is 5.81. The van der Waals surface area contributed by atoms with E-state index in [9.17, 15) is 0 Å². The summed E-state index contributed by atoms with van der Waals surface area (Å²) in [6.07, 6.45) is 2.19. The van der Waals surface area contributed by atoms with Crippen LogP contribution in [-0.4, -0.2) is 6.54 Å².